The van der Waals surface area contributed by atoms with E-state index in [4.69, 9.17) is 11.6 Å². The van der Waals surface area contributed by atoms with E-state index in [2.05, 4.69) is 50.3 Å². The normalized spacial score (nSPS) is 12.6. The standard InChI is InChI=1S/C24H17ClN4/c25-24-28-22(18-10-7-17(8-11-18)21-6-3-13-26-15-21)27-23(29-24)20-12-9-16-4-1-2-5-19(16)14-20/h2-3,5-15H,1,4H2. The Balaban J connectivity index is 1.51. The van der Waals surface area contributed by atoms with Gasteiger partial charge < -0.3 is 0 Å². The number of nitrogens with zero attached hydrogens (tertiary/aromatic N) is 4. The molecule has 140 valence electrons. The van der Waals surface area contributed by atoms with Gasteiger partial charge in [0.2, 0.25) is 5.28 Å². The highest BCUT2D eigenvalue weighted by Gasteiger charge is 2.12. The predicted octanol–water partition coefficient (Wildman–Crippen LogP) is 5.88. The fourth-order valence-electron chi connectivity index (χ4n) is 3.52. The van der Waals surface area contributed by atoms with E-state index >= 15 is 0 Å². The maximum atomic E-state index is 6.24. The first-order chi connectivity index (χ1) is 14.3. The van der Waals surface area contributed by atoms with E-state index in [0.29, 0.717) is 11.6 Å². The topological polar surface area (TPSA) is 51.6 Å². The highest BCUT2D eigenvalue weighted by Crippen LogP contribution is 2.28. The molecule has 1 aliphatic rings. The zero-order valence-electron chi connectivity index (χ0n) is 15.6. The lowest BCUT2D eigenvalue weighted by Crippen LogP contribution is -1.99. The highest BCUT2D eigenvalue weighted by molar-refractivity contribution is 6.28. The summed E-state index contributed by atoms with van der Waals surface area (Å²) in [5, 5.41) is 0.189. The summed E-state index contributed by atoms with van der Waals surface area (Å²) < 4.78 is 0. The van der Waals surface area contributed by atoms with Gasteiger partial charge in [-0.15, -0.1) is 0 Å². The average Bonchev–Trinajstić information content (AvgIpc) is 2.79. The van der Waals surface area contributed by atoms with E-state index in [1.807, 2.05) is 42.6 Å². The van der Waals surface area contributed by atoms with Crippen LogP contribution in [0.25, 0.3) is 40.0 Å². The number of halogens is 1. The second-order valence-corrected chi connectivity index (χ2v) is 7.26. The van der Waals surface area contributed by atoms with Gasteiger partial charge in [-0.25, -0.2) is 4.98 Å². The van der Waals surface area contributed by atoms with Crippen molar-refractivity contribution in [3.8, 4) is 33.9 Å². The molecule has 0 spiro atoms. The van der Waals surface area contributed by atoms with E-state index in [-0.39, 0.29) is 5.28 Å². The van der Waals surface area contributed by atoms with Crippen molar-refractivity contribution in [2.75, 3.05) is 0 Å². The quantitative estimate of drug-likeness (QED) is 0.434. The predicted molar refractivity (Wildman–Crippen MR) is 116 cm³/mol. The molecule has 1 aliphatic carbocycles. The molecule has 0 aliphatic heterocycles. The molecule has 2 aromatic carbocycles. The molecule has 0 saturated carbocycles. The smallest absolute Gasteiger partial charge is 0.226 e. The van der Waals surface area contributed by atoms with E-state index < -0.39 is 0 Å². The Morgan fingerprint density at radius 1 is 0.759 bits per heavy atom. The second kappa shape index (κ2) is 7.57. The second-order valence-electron chi connectivity index (χ2n) is 6.93. The van der Waals surface area contributed by atoms with E-state index in [1.54, 1.807) is 6.20 Å². The third kappa shape index (κ3) is 3.67. The number of aryl methyl sites for hydroxylation is 1. The van der Waals surface area contributed by atoms with Crippen molar-refractivity contribution in [1.82, 2.24) is 19.9 Å². The van der Waals surface area contributed by atoms with Crippen LogP contribution in [0.5, 0.6) is 0 Å². The van der Waals surface area contributed by atoms with Crippen LogP contribution in [-0.2, 0) is 6.42 Å². The summed E-state index contributed by atoms with van der Waals surface area (Å²) in [6.07, 6.45) is 10.1. The molecular weight excluding hydrogens is 380 g/mol. The Hall–Kier alpha value is -3.37. The molecule has 29 heavy (non-hydrogen) atoms. The monoisotopic (exact) mass is 396 g/mol. The van der Waals surface area contributed by atoms with E-state index in [9.17, 15) is 0 Å². The molecule has 0 amide bonds. The minimum Gasteiger partial charge on any atom is -0.264 e. The third-order valence-electron chi connectivity index (χ3n) is 5.03. The first-order valence-electron chi connectivity index (χ1n) is 9.48. The summed E-state index contributed by atoms with van der Waals surface area (Å²) in [6, 6.07) is 18.3. The van der Waals surface area contributed by atoms with Gasteiger partial charge >= 0.3 is 0 Å². The van der Waals surface area contributed by atoms with Crippen LogP contribution in [0.4, 0.5) is 0 Å². The van der Waals surface area contributed by atoms with Crippen molar-refractivity contribution in [2.24, 2.45) is 0 Å². The lowest BCUT2D eigenvalue weighted by atomic mass is 9.95. The van der Waals surface area contributed by atoms with Crippen molar-refractivity contribution >= 4 is 17.7 Å². The van der Waals surface area contributed by atoms with Crippen molar-refractivity contribution in [3.63, 3.8) is 0 Å². The molecule has 0 unspecified atom stereocenters. The zero-order chi connectivity index (χ0) is 19.6. The van der Waals surface area contributed by atoms with Crippen LogP contribution in [0.3, 0.4) is 0 Å². The average molecular weight is 397 g/mol. The fourth-order valence-corrected chi connectivity index (χ4v) is 3.68. The van der Waals surface area contributed by atoms with Gasteiger partial charge in [-0.1, -0.05) is 54.6 Å². The maximum absolute atomic E-state index is 6.24. The summed E-state index contributed by atoms with van der Waals surface area (Å²) in [6.45, 7) is 0. The molecule has 2 aromatic heterocycles. The number of hydrogen-bond donors (Lipinski definition) is 0. The maximum Gasteiger partial charge on any atom is 0.226 e. The lowest BCUT2D eigenvalue weighted by Gasteiger charge is -2.12. The van der Waals surface area contributed by atoms with E-state index in [0.717, 1.165) is 35.1 Å². The van der Waals surface area contributed by atoms with Crippen molar-refractivity contribution in [3.05, 3.63) is 89.5 Å². The van der Waals surface area contributed by atoms with Gasteiger partial charge in [0, 0.05) is 23.5 Å². The Bertz CT molecular complexity index is 1200. The molecule has 0 saturated heterocycles. The summed E-state index contributed by atoms with van der Waals surface area (Å²) in [7, 11) is 0. The summed E-state index contributed by atoms with van der Waals surface area (Å²) >= 11 is 6.24. The van der Waals surface area contributed by atoms with E-state index in [1.165, 1.54) is 11.1 Å². The summed E-state index contributed by atoms with van der Waals surface area (Å²) in [5.41, 5.74) is 6.54. The van der Waals surface area contributed by atoms with Gasteiger partial charge in [0.15, 0.2) is 11.6 Å². The SMILES string of the molecule is Clc1nc(-c2ccc(-c3cccnc3)cc2)nc(-c2ccc3c(c2)C=CCC3)n1. The number of fused-ring (bicyclic) bond motifs is 1. The van der Waals surface area contributed by atoms with Crippen molar-refractivity contribution in [1.29, 1.82) is 0 Å². The van der Waals surface area contributed by atoms with Crippen LogP contribution in [-0.4, -0.2) is 19.9 Å². The van der Waals surface area contributed by atoms with Crippen molar-refractivity contribution in [2.45, 2.75) is 12.8 Å². The van der Waals surface area contributed by atoms with Crippen LogP contribution >= 0.6 is 11.6 Å². The summed E-state index contributed by atoms with van der Waals surface area (Å²) in [4.78, 5) is 17.5. The molecule has 0 radical (unpaired) electrons. The zero-order valence-corrected chi connectivity index (χ0v) is 16.3. The van der Waals surface area contributed by atoms with Crippen LogP contribution in [0.1, 0.15) is 17.5 Å². The molecular formula is C24H17ClN4. The molecule has 5 heteroatoms. The number of hydrogen-bond acceptors (Lipinski definition) is 4. The molecule has 4 nitrogen and oxygen atoms in total. The highest BCUT2D eigenvalue weighted by atomic mass is 35.5. The third-order valence-corrected chi connectivity index (χ3v) is 5.20. The van der Waals surface area contributed by atoms with Gasteiger partial charge in [0.1, 0.15) is 0 Å². The van der Waals surface area contributed by atoms with Crippen LogP contribution in [0, 0.1) is 0 Å². The Morgan fingerprint density at radius 2 is 1.52 bits per heavy atom. The molecule has 4 aromatic rings. The summed E-state index contributed by atoms with van der Waals surface area (Å²) in [5.74, 6) is 1.14. The lowest BCUT2D eigenvalue weighted by molar-refractivity contribution is 0.984. The molecule has 0 atom stereocenters. The molecule has 5 rings (SSSR count). The van der Waals surface area contributed by atoms with Crippen molar-refractivity contribution < 1.29 is 0 Å². The van der Waals surface area contributed by atoms with Gasteiger partial charge in [-0.05, 0) is 58.8 Å². The van der Waals surface area contributed by atoms with Gasteiger partial charge in [0.25, 0.3) is 0 Å². The van der Waals surface area contributed by atoms with Gasteiger partial charge in [-0.2, -0.15) is 9.97 Å². The number of benzene rings is 2. The first-order valence-corrected chi connectivity index (χ1v) is 9.86. The first kappa shape index (κ1) is 17.7. The van der Waals surface area contributed by atoms with Crippen LogP contribution in [0.2, 0.25) is 5.28 Å². The van der Waals surface area contributed by atoms with Crippen LogP contribution in [0.15, 0.2) is 73.1 Å². The molecule has 0 N–H and O–H groups in total. The molecule has 2 heterocycles. The largest absolute Gasteiger partial charge is 0.264 e. The Kier molecular flexibility index (Phi) is 4.62. The molecule has 0 bridgehead atoms. The molecule has 0 fully saturated rings. The minimum absolute atomic E-state index is 0.189. The van der Waals surface area contributed by atoms with Crippen LogP contribution < -0.4 is 0 Å². The fraction of sp³-hybridized carbons (Fsp3) is 0.0833. The Labute approximate surface area is 174 Å². The van der Waals surface area contributed by atoms with Gasteiger partial charge in [-0.3, -0.25) is 4.98 Å². The number of pyridine rings is 1. The number of rotatable bonds is 3. The minimum atomic E-state index is 0.189. The van der Waals surface area contributed by atoms with Gasteiger partial charge in [0.05, 0.1) is 0 Å². The Morgan fingerprint density at radius 3 is 2.31 bits per heavy atom. The number of allylic oxidation sites excluding steroid dienone is 1. The number of aromatic nitrogens is 4.